The Kier molecular flexibility index (Phi) is 4.68. The summed E-state index contributed by atoms with van der Waals surface area (Å²) in [5, 5.41) is 9.44. The first kappa shape index (κ1) is 13.5. The van der Waals surface area contributed by atoms with Crippen LogP contribution in [-0.4, -0.2) is 16.3 Å². The van der Waals surface area contributed by atoms with E-state index in [2.05, 4.69) is 37.8 Å². The minimum Gasteiger partial charge on any atom is -0.310 e. The van der Waals surface area contributed by atoms with E-state index >= 15 is 0 Å². The third-order valence-corrected chi connectivity index (χ3v) is 4.13. The van der Waals surface area contributed by atoms with Crippen molar-refractivity contribution in [1.29, 1.82) is 0 Å². The molecular formula is C12H14BrN3OS. The molecule has 0 aliphatic heterocycles. The number of halogens is 1. The first-order valence-corrected chi connectivity index (χ1v) is 7.30. The summed E-state index contributed by atoms with van der Waals surface area (Å²) in [4.78, 5) is 12.8. The van der Waals surface area contributed by atoms with Gasteiger partial charge in [-0.2, -0.15) is 5.10 Å². The van der Waals surface area contributed by atoms with E-state index in [0.717, 1.165) is 23.1 Å². The standard InChI is InChI=1S/C12H14BrN3OS/c1-9-4-12(17)16(15-6-9)3-2-14-7-11-5-10(13)8-18-11/h4-6,8,14H,2-3,7H2,1H3. The lowest BCUT2D eigenvalue weighted by Crippen LogP contribution is -2.28. The average molecular weight is 328 g/mol. The lowest BCUT2D eigenvalue weighted by atomic mass is 10.3. The van der Waals surface area contributed by atoms with E-state index in [-0.39, 0.29) is 5.56 Å². The van der Waals surface area contributed by atoms with Gasteiger partial charge in [0.15, 0.2) is 0 Å². The Morgan fingerprint density at radius 3 is 3.00 bits per heavy atom. The van der Waals surface area contributed by atoms with Crippen LogP contribution in [0.3, 0.4) is 0 Å². The molecule has 0 unspecified atom stereocenters. The molecule has 2 aromatic heterocycles. The van der Waals surface area contributed by atoms with Crippen LogP contribution in [-0.2, 0) is 13.1 Å². The molecule has 2 rings (SSSR count). The van der Waals surface area contributed by atoms with Crippen molar-refractivity contribution in [2.75, 3.05) is 6.54 Å². The van der Waals surface area contributed by atoms with E-state index < -0.39 is 0 Å². The van der Waals surface area contributed by atoms with E-state index in [1.807, 2.05) is 6.92 Å². The second-order valence-electron chi connectivity index (χ2n) is 4.00. The SMILES string of the molecule is Cc1cnn(CCNCc2cc(Br)cs2)c(=O)c1. The minimum absolute atomic E-state index is 0.0457. The Balaban J connectivity index is 1.80. The predicted molar refractivity (Wildman–Crippen MR) is 77.0 cm³/mol. The molecule has 0 aliphatic rings. The average Bonchev–Trinajstić information content (AvgIpc) is 2.73. The highest BCUT2D eigenvalue weighted by atomic mass is 79.9. The van der Waals surface area contributed by atoms with E-state index in [0.29, 0.717) is 6.54 Å². The monoisotopic (exact) mass is 327 g/mol. The van der Waals surface area contributed by atoms with Gasteiger partial charge in [0.25, 0.3) is 5.56 Å². The zero-order chi connectivity index (χ0) is 13.0. The number of aromatic nitrogens is 2. The number of nitrogens with zero attached hydrogens (tertiary/aromatic N) is 2. The van der Waals surface area contributed by atoms with Crippen LogP contribution in [0.25, 0.3) is 0 Å². The smallest absolute Gasteiger partial charge is 0.267 e. The molecule has 0 fully saturated rings. The maximum absolute atomic E-state index is 11.6. The van der Waals surface area contributed by atoms with Crippen molar-refractivity contribution >= 4 is 27.3 Å². The summed E-state index contributed by atoms with van der Waals surface area (Å²) in [5.41, 5.74) is 0.850. The molecule has 0 saturated heterocycles. The summed E-state index contributed by atoms with van der Waals surface area (Å²) in [7, 11) is 0. The van der Waals surface area contributed by atoms with Gasteiger partial charge in [0.05, 0.1) is 12.7 Å². The zero-order valence-electron chi connectivity index (χ0n) is 10.0. The van der Waals surface area contributed by atoms with Gasteiger partial charge in [-0.25, -0.2) is 4.68 Å². The normalized spacial score (nSPS) is 10.8. The molecule has 2 heterocycles. The molecule has 6 heteroatoms. The van der Waals surface area contributed by atoms with Crippen LogP contribution in [0.2, 0.25) is 0 Å². The van der Waals surface area contributed by atoms with E-state index in [9.17, 15) is 4.79 Å². The summed E-state index contributed by atoms with van der Waals surface area (Å²) in [6.07, 6.45) is 1.71. The molecule has 0 aliphatic carbocycles. The van der Waals surface area contributed by atoms with Gasteiger partial charge >= 0.3 is 0 Å². The van der Waals surface area contributed by atoms with Gasteiger partial charge in [-0.15, -0.1) is 11.3 Å². The molecule has 0 bridgehead atoms. The van der Waals surface area contributed by atoms with Gasteiger partial charge in [0, 0.05) is 33.9 Å². The molecule has 0 aromatic carbocycles. The summed E-state index contributed by atoms with van der Waals surface area (Å²) in [6.45, 7) is 4.00. The Morgan fingerprint density at radius 2 is 2.33 bits per heavy atom. The van der Waals surface area contributed by atoms with Crippen LogP contribution in [0, 0.1) is 6.92 Å². The Labute approximate surface area is 118 Å². The van der Waals surface area contributed by atoms with Crippen molar-refractivity contribution in [1.82, 2.24) is 15.1 Å². The highest BCUT2D eigenvalue weighted by molar-refractivity contribution is 9.10. The van der Waals surface area contributed by atoms with Gasteiger partial charge in [0.1, 0.15) is 0 Å². The van der Waals surface area contributed by atoms with Crippen LogP contribution < -0.4 is 10.9 Å². The number of aryl methyl sites for hydroxylation is 1. The molecule has 0 radical (unpaired) electrons. The van der Waals surface area contributed by atoms with E-state index in [1.165, 1.54) is 9.56 Å². The van der Waals surface area contributed by atoms with Gasteiger partial charge in [0.2, 0.25) is 0 Å². The molecule has 4 nitrogen and oxygen atoms in total. The van der Waals surface area contributed by atoms with Crippen LogP contribution in [0.5, 0.6) is 0 Å². The molecule has 18 heavy (non-hydrogen) atoms. The van der Waals surface area contributed by atoms with Gasteiger partial charge in [-0.05, 0) is 34.5 Å². The first-order chi connectivity index (χ1) is 8.65. The Bertz CT molecular complexity index is 579. The highest BCUT2D eigenvalue weighted by Crippen LogP contribution is 2.19. The number of rotatable bonds is 5. The molecular weight excluding hydrogens is 314 g/mol. The molecule has 2 aromatic rings. The molecule has 96 valence electrons. The zero-order valence-corrected chi connectivity index (χ0v) is 12.4. The minimum atomic E-state index is -0.0457. The van der Waals surface area contributed by atoms with Gasteiger partial charge < -0.3 is 5.32 Å². The van der Waals surface area contributed by atoms with Crippen molar-refractivity contribution in [3.63, 3.8) is 0 Å². The summed E-state index contributed by atoms with van der Waals surface area (Å²) in [5.74, 6) is 0. The van der Waals surface area contributed by atoms with Crippen molar-refractivity contribution in [3.05, 3.63) is 49.0 Å². The Morgan fingerprint density at radius 1 is 1.50 bits per heavy atom. The van der Waals surface area contributed by atoms with Crippen LogP contribution >= 0.6 is 27.3 Å². The maximum atomic E-state index is 11.6. The van der Waals surface area contributed by atoms with Crippen LogP contribution in [0.1, 0.15) is 10.4 Å². The largest absolute Gasteiger partial charge is 0.310 e. The summed E-state index contributed by atoms with van der Waals surface area (Å²) in [6, 6.07) is 3.69. The van der Waals surface area contributed by atoms with Crippen molar-refractivity contribution in [2.24, 2.45) is 0 Å². The first-order valence-electron chi connectivity index (χ1n) is 5.62. The number of nitrogens with one attached hydrogen (secondary N) is 1. The maximum Gasteiger partial charge on any atom is 0.267 e. The van der Waals surface area contributed by atoms with Gasteiger partial charge in [-0.3, -0.25) is 4.79 Å². The second-order valence-corrected chi connectivity index (χ2v) is 5.91. The fourth-order valence-corrected chi connectivity index (χ4v) is 2.96. The van der Waals surface area contributed by atoms with Crippen LogP contribution in [0.15, 0.2) is 33.0 Å². The predicted octanol–water partition coefficient (Wildman–Crippen LogP) is 2.17. The third kappa shape index (κ3) is 3.76. The lowest BCUT2D eigenvalue weighted by molar-refractivity contribution is 0.532. The second kappa shape index (κ2) is 6.26. The van der Waals surface area contributed by atoms with Gasteiger partial charge in [-0.1, -0.05) is 0 Å². The number of hydrogen-bond acceptors (Lipinski definition) is 4. The summed E-state index contributed by atoms with van der Waals surface area (Å²) < 4.78 is 2.59. The Hall–Kier alpha value is -0.980. The van der Waals surface area contributed by atoms with E-state index in [1.54, 1.807) is 23.6 Å². The fraction of sp³-hybridized carbons (Fsp3) is 0.333. The van der Waals surface area contributed by atoms with E-state index in [4.69, 9.17) is 0 Å². The third-order valence-electron chi connectivity index (χ3n) is 2.43. The molecule has 0 saturated carbocycles. The molecule has 0 spiro atoms. The molecule has 0 atom stereocenters. The van der Waals surface area contributed by atoms with Crippen LogP contribution in [0.4, 0.5) is 0 Å². The van der Waals surface area contributed by atoms with Crippen molar-refractivity contribution < 1.29 is 0 Å². The number of thiophene rings is 1. The summed E-state index contributed by atoms with van der Waals surface area (Å²) >= 11 is 5.13. The quantitative estimate of drug-likeness (QED) is 0.856. The molecule has 0 amide bonds. The fourth-order valence-electron chi connectivity index (χ4n) is 1.54. The lowest BCUT2D eigenvalue weighted by Gasteiger charge is -2.05. The van der Waals surface area contributed by atoms with Crippen molar-refractivity contribution in [3.8, 4) is 0 Å². The highest BCUT2D eigenvalue weighted by Gasteiger charge is 1.99. The van der Waals surface area contributed by atoms with Crippen molar-refractivity contribution in [2.45, 2.75) is 20.0 Å². The topological polar surface area (TPSA) is 46.9 Å². The molecule has 1 N–H and O–H groups in total. The number of hydrogen-bond donors (Lipinski definition) is 1.